The van der Waals surface area contributed by atoms with Crippen LogP contribution in [0.1, 0.15) is 88.4 Å². The molecule has 322 valence electrons. The van der Waals surface area contributed by atoms with Crippen LogP contribution in [0.25, 0.3) is 10.2 Å². The molecule has 2 aliphatic carbocycles. The third-order valence-corrected chi connectivity index (χ3v) is 13.6. The van der Waals surface area contributed by atoms with E-state index in [2.05, 4.69) is 25.5 Å². The molecule has 3 aromatic rings. The number of carbonyl (C=O) groups excluding carboxylic acids is 5. The van der Waals surface area contributed by atoms with Crippen LogP contribution in [0.5, 0.6) is 5.88 Å². The normalized spacial score (nSPS) is 24.7. The topological polar surface area (TPSA) is 239 Å². The fraction of sp³-hybridized carbons (Fsp3) is 0.585. The standard InChI is InChI=1S/C41H52N8O10S/c42-36(53)29(50)20-23-4-10-30-33(23)35-38(44-22-45-39(35)60-30)59-25-7-5-24(6-8-25)47-13-15-48(16-14-47)32(52)21-58-19-18-57-17-12-43-27-3-1-2-26-34(27)41(56)49(40(26)55)28-9-11-31(51)46-37(28)54/h1-3,22-25,28-29,32,43,50,52H,4-21H2,(H2,42,53)(H,46,51,54)/t23-,24-,25-,28?,29+,32?/m1/s1. The number of amides is 5. The van der Waals surface area contributed by atoms with E-state index in [0.29, 0.717) is 44.0 Å². The van der Waals surface area contributed by atoms with Gasteiger partial charge in [-0.1, -0.05) is 6.07 Å². The van der Waals surface area contributed by atoms with Gasteiger partial charge in [0.15, 0.2) is 0 Å². The minimum Gasteiger partial charge on any atom is -0.474 e. The summed E-state index contributed by atoms with van der Waals surface area (Å²) in [6.07, 6.45) is 5.64. The van der Waals surface area contributed by atoms with Crippen molar-refractivity contribution in [3.8, 4) is 5.88 Å². The van der Waals surface area contributed by atoms with Crippen molar-refractivity contribution in [3.63, 3.8) is 0 Å². The van der Waals surface area contributed by atoms with Crippen molar-refractivity contribution in [2.45, 2.75) is 94.2 Å². The number of benzene rings is 1. The fourth-order valence-electron chi connectivity index (χ4n) is 9.27. The average Bonchev–Trinajstić information content (AvgIpc) is 3.89. The first-order chi connectivity index (χ1) is 29.1. The number of rotatable bonds is 17. The van der Waals surface area contributed by atoms with Crippen LogP contribution in [-0.4, -0.2) is 154 Å². The molecule has 3 aliphatic heterocycles. The van der Waals surface area contributed by atoms with E-state index in [-0.39, 0.29) is 49.0 Å². The zero-order valence-corrected chi connectivity index (χ0v) is 34.2. The Labute approximate surface area is 350 Å². The van der Waals surface area contributed by atoms with E-state index in [0.717, 1.165) is 85.4 Å². The van der Waals surface area contributed by atoms with Crippen molar-refractivity contribution in [2.75, 3.05) is 64.5 Å². The summed E-state index contributed by atoms with van der Waals surface area (Å²) in [6, 6.07) is 4.33. The van der Waals surface area contributed by atoms with Gasteiger partial charge in [-0.2, -0.15) is 0 Å². The number of imide groups is 2. The maximum atomic E-state index is 13.3. The molecule has 18 nitrogen and oxygen atoms in total. The molecular weight excluding hydrogens is 797 g/mol. The number of piperidine rings is 1. The molecule has 5 heterocycles. The fourth-order valence-corrected chi connectivity index (χ4v) is 10.5. The van der Waals surface area contributed by atoms with E-state index in [9.17, 15) is 34.2 Å². The second-order valence-corrected chi connectivity index (χ2v) is 17.2. The minimum atomic E-state index is -1.19. The van der Waals surface area contributed by atoms with Crippen LogP contribution in [-0.2, 0) is 30.3 Å². The number of aryl methyl sites for hydroxylation is 1. The molecule has 60 heavy (non-hydrogen) atoms. The second-order valence-electron chi connectivity index (χ2n) is 16.1. The summed E-state index contributed by atoms with van der Waals surface area (Å²) in [7, 11) is 0. The summed E-state index contributed by atoms with van der Waals surface area (Å²) in [5.41, 5.74) is 7.32. The number of hydrogen-bond donors (Lipinski definition) is 5. The molecule has 2 saturated heterocycles. The number of aromatic nitrogens is 2. The molecule has 19 heteroatoms. The van der Waals surface area contributed by atoms with Crippen LogP contribution < -0.4 is 21.1 Å². The van der Waals surface area contributed by atoms with Gasteiger partial charge >= 0.3 is 0 Å². The Kier molecular flexibility index (Phi) is 13.0. The molecule has 2 aromatic heterocycles. The summed E-state index contributed by atoms with van der Waals surface area (Å²) >= 11 is 1.63. The van der Waals surface area contributed by atoms with E-state index in [4.69, 9.17) is 19.9 Å². The van der Waals surface area contributed by atoms with Gasteiger partial charge in [-0.15, -0.1) is 11.3 Å². The monoisotopic (exact) mass is 848 g/mol. The van der Waals surface area contributed by atoms with Crippen LogP contribution in [0.2, 0.25) is 0 Å². The van der Waals surface area contributed by atoms with Gasteiger partial charge in [0.2, 0.25) is 23.6 Å². The summed E-state index contributed by atoms with van der Waals surface area (Å²) in [6.45, 7) is 4.61. The number of nitrogens with zero attached hydrogens (tertiary/aromatic N) is 5. The lowest BCUT2D eigenvalue weighted by molar-refractivity contribution is -0.136. The van der Waals surface area contributed by atoms with Crippen LogP contribution >= 0.6 is 11.3 Å². The Morgan fingerprint density at radius 3 is 2.50 bits per heavy atom. The molecule has 5 aliphatic rings. The van der Waals surface area contributed by atoms with Gasteiger partial charge in [-0.05, 0) is 75.0 Å². The molecule has 1 aromatic carbocycles. The van der Waals surface area contributed by atoms with Crippen molar-refractivity contribution in [2.24, 2.45) is 5.73 Å². The highest BCUT2D eigenvalue weighted by Gasteiger charge is 2.45. The second kappa shape index (κ2) is 18.6. The largest absolute Gasteiger partial charge is 0.474 e. The third kappa shape index (κ3) is 8.88. The molecule has 4 atom stereocenters. The van der Waals surface area contributed by atoms with Crippen molar-refractivity contribution in [1.29, 1.82) is 0 Å². The van der Waals surface area contributed by atoms with Gasteiger partial charge in [-0.3, -0.25) is 44.0 Å². The molecule has 1 saturated carbocycles. The summed E-state index contributed by atoms with van der Waals surface area (Å²) in [5.74, 6) is -2.32. The number of nitrogens with two attached hydrogens (primary N) is 1. The summed E-state index contributed by atoms with van der Waals surface area (Å²) in [5, 5.41) is 27.3. The van der Waals surface area contributed by atoms with Crippen LogP contribution in [0.3, 0.4) is 0 Å². The summed E-state index contributed by atoms with van der Waals surface area (Å²) in [4.78, 5) is 78.5. The lowest BCUT2D eigenvalue weighted by Gasteiger charge is -2.43. The smallest absolute Gasteiger partial charge is 0.264 e. The first kappa shape index (κ1) is 42.1. The van der Waals surface area contributed by atoms with Crippen LogP contribution in [0, 0.1) is 0 Å². The Morgan fingerprint density at radius 2 is 1.73 bits per heavy atom. The molecule has 5 amide bonds. The van der Waals surface area contributed by atoms with Crippen molar-refractivity contribution < 1.29 is 48.4 Å². The van der Waals surface area contributed by atoms with E-state index >= 15 is 0 Å². The Morgan fingerprint density at radius 1 is 0.950 bits per heavy atom. The maximum absolute atomic E-state index is 13.3. The van der Waals surface area contributed by atoms with E-state index in [1.807, 2.05) is 4.90 Å². The van der Waals surface area contributed by atoms with Gasteiger partial charge in [0, 0.05) is 55.8 Å². The SMILES string of the molecule is NC(=O)[C@@H](O)C[C@H]1CCc2sc3ncnc(O[C@H]4CC[C@H](N5CCN(C(O)COCCOCCNc6cccc7c6C(=O)N(C6CCC(=O)NC6=O)C7=O)CC5)CC4)c3c21. The van der Waals surface area contributed by atoms with Gasteiger partial charge in [0.1, 0.15) is 35.6 Å². The highest BCUT2D eigenvalue weighted by molar-refractivity contribution is 7.19. The quantitative estimate of drug-likeness (QED) is 0.0946. The summed E-state index contributed by atoms with van der Waals surface area (Å²) < 4.78 is 18.0. The molecule has 2 unspecified atom stereocenters. The first-order valence-electron chi connectivity index (χ1n) is 20.9. The van der Waals surface area contributed by atoms with Gasteiger partial charge < -0.3 is 35.5 Å². The zero-order valence-electron chi connectivity index (χ0n) is 33.4. The maximum Gasteiger partial charge on any atom is 0.264 e. The van der Waals surface area contributed by atoms with Crippen molar-refractivity contribution in [3.05, 3.63) is 46.1 Å². The predicted octanol–water partition coefficient (Wildman–Crippen LogP) is 1.13. The molecule has 0 spiro atoms. The number of anilines is 1. The van der Waals surface area contributed by atoms with Gasteiger partial charge in [-0.25, -0.2) is 9.97 Å². The zero-order chi connectivity index (χ0) is 41.9. The Hall–Kier alpha value is -4.63. The third-order valence-electron chi connectivity index (χ3n) is 12.4. The Balaban J connectivity index is 0.710. The number of primary amides is 1. The highest BCUT2D eigenvalue weighted by Crippen LogP contribution is 2.48. The van der Waals surface area contributed by atoms with Crippen molar-refractivity contribution >= 4 is 56.8 Å². The van der Waals surface area contributed by atoms with Gasteiger partial charge in [0.25, 0.3) is 11.8 Å². The van der Waals surface area contributed by atoms with E-state index in [1.165, 1.54) is 4.88 Å². The lowest BCUT2D eigenvalue weighted by atomic mass is 9.91. The Bertz CT molecular complexity index is 2100. The van der Waals surface area contributed by atoms with Crippen LogP contribution in [0.4, 0.5) is 5.69 Å². The highest BCUT2D eigenvalue weighted by atomic mass is 32.1. The molecular formula is C41H52N8O10S. The number of fused-ring (bicyclic) bond motifs is 4. The number of hydrogen-bond acceptors (Lipinski definition) is 16. The number of aliphatic hydroxyl groups excluding tert-OH is 2. The molecule has 0 radical (unpaired) electrons. The minimum absolute atomic E-state index is 0.0105. The van der Waals surface area contributed by atoms with Gasteiger partial charge in [0.05, 0.1) is 42.9 Å². The number of ether oxygens (including phenoxy) is 3. The van der Waals surface area contributed by atoms with E-state index in [1.54, 1.807) is 35.9 Å². The average molecular weight is 849 g/mol. The van der Waals surface area contributed by atoms with Crippen molar-refractivity contribution in [1.82, 2.24) is 30.0 Å². The number of thiophene rings is 1. The molecule has 8 rings (SSSR count). The number of piperazine rings is 1. The molecule has 3 fully saturated rings. The lowest BCUT2D eigenvalue weighted by Crippen LogP contribution is -2.54. The predicted molar refractivity (Wildman–Crippen MR) is 217 cm³/mol. The number of carbonyl (C=O) groups is 5. The van der Waals surface area contributed by atoms with Crippen LogP contribution in [0.15, 0.2) is 24.5 Å². The number of aliphatic hydroxyl groups is 2. The van der Waals surface area contributed by atoms with E-state index < -0.39 is 47.9 Å². The number of nitrogens with one attached hydrogen (secondary N) is 2. The molecule has 6 N–H and O–H groups in total. The first-order valence-corrected chi connectivity index (χ1v) is 21.7. The molecule has 0 bridgehead atoms.